The number of sulfonamides is 1. The van der Waals surface area contributed by atoms with Gasteiger partial charge in [0.15, 0.2) is 6.61 Å². The lowest BCUT2D eigenvalue weighted by Gasteiger charge is -2.20. The van der Waals surface area contributed by atoms with Crippen LogP contribution in [0.3, 0.4) is 0 Å². The molecule has 26 heavy (non-hydrogen) atoms. The molecule has 0 aromatic heterocycles. The number of benzene rings is 1. The molecule has 0 aliphatic rings. The summed E-state index contributed by atoms with van der Waals surface area (Å²) in [4.78, 5) is 11.8. The topological polar surface area (TPSA) is 84.9 Å². The number of amides is 1. The van der Waals surface area contributed by atoms with Gasteiger partial charge in [0, 0.05) is 37.9 Å². The first kappa shape index (κ1) is 22.7. The van der Waals surface area contributed by atoms with Gasteiger partial charge < -0.3 is 14.8 Å². The average molecular weight is 407 g/mol. The van der Waals surface area contributed by atoms with Gasteiger partial charge in [-0.2, -0.15) is 4.31 Å². The molecule has 1 amide bonds. The molecule has 0 spiro atoms. The van der Waals surface area contributed by atoms with E-state index in [2.05, 4.69) is 5.32 Å². The van der Waals surface area contributed by atoms with Crippen molar-refractivity contribution in [2.75, 3.05) is 39.5 Å². The van der Waals surface area contributed by atoms with E-state index < -0.39 is 10.0 Å². The van der Waals surface area contributed by atoms with Gasteiger partial charge in [-0.05, 0) is 31.5 Å². The monoisotopic (exact) mass is 406 g/mol. The predicted octanol–water partition coefficient (Wildman–Crippen LogP) is 2.29. The second kappa shape index (κ2) is 11.4. The van der Waals surface area contributed by atoms with Crippen molar-refractivity contribution in [1.29, 1.82) is 0 Å². The van der Waals surface area contributed by atoms with E-state index >= 15 is 0 Å². The maximum atomic E-state index is 12.8. The van der Waals surface area contributed by atoms with E-state index in [0.717, 1.165) is 0 Å². The van der Waals surface area contributed by atoms with Gasteiger partial charge in [-0.25, -0.2) is 8.42 Å². The van der Waals surface area contributed by atoms with Gasteiger partial charge in [0.2, 0.25) is 10.0 Å². The third-order valence-corrected chi connectivity index (χ3v) is 5.89. The van der Waals surface area contributed by atoms with Crippen molar-refractivity contribution >= 4 is 27.5 Å². The molecule has 7 nitrogen and oxygen atoms in total. The molecule has 0 aliphatic heterocycles. The summed E-state index contributed by atoms with van der Waals surface area (Å²) in [6.45, 7) is 7.45. The second-order valence-corrected chi connectivity index (χ2v) is 7.71. The van der Waals surface area contributed by atoms with Crippen LogP contribution in [-0.2, 0) is 19.6 Å². The van der Waals surface area contributed by atoms with Crippen LogP contribution >= 0.6 is 11.6 Å². The Hall–Kier alpha value is -1.35. The summed E-state index contributed by atoms with van der Waals surface area (Å²) in [5.41, 5.74) is 0. The van der Waals surface area contributed by atoms with Crippen LogP contribution in [0.15, 0.2) is 23.1 Å². The summed E-state index contributed by atoms with van der Waals surface area (Å²) in [6, 6.07) is 4.32. The van der Waals surface area contributed by atoms with E-state index in [1.165, 1.54) is 22.5 Å². The minimum absolute atomic E-state index is 0.0437. The quantitative estimate of drug-likeness (QED) is 0.538. The summed E-state index contributed by atoms with van der Waals surface area (Å²) in [6.07, 6.45) is 0.697. The largest absolute Gasteiger partial charge is 0.482 e. The third kappa shape index (κ3) is 6.75. The van der Waals surface area contributed by atoms with Crippen molar-refractivity contribution in [3.8, 4) is 5.75 Å². The molecule has 0 atom stereocenters. The Morgan fingerprint density at radius 3 is 2.54 bits per heavy atom. The fraction of sp³-hybridized carbons (Fsp3) is 0.588. The number of halogens is 1. The number of ether oxygens (including phenoxy) is 2. The van der Waals surface area contributed by atoms with Gasteiger partial charge in [-0.15, -0.1) is 0 Å². The first-order chi connectivity index (χ1) is 12.4. The Balaban J connectivity index is 2.77. The summed E-state index contributed by atoms with van der Waals surface area (Å²) in [5.74, 6) is -0.228. The highest BCUT2D eigenvalue weighted by Gasteiger charge is 2.26. The standard InChI is InChI=1S/C17H27ClN2O5S/c1-4-20(5-2)26(22,23)16-12-14(18)8-9-15(16)25-13-17(21)19-10-7-11-24-6-3/h8-9,12H,4-7,10-11,13H2,1-3H3,(H,19,21). The molecule has 148 valence electrons. The summed E-state index contributed by atoms with van der Waals surface area (Å²) in [5, 5.41) is 2.98. The first-order valence-electron chi connectivity index (χ1n) is 8.63. The molecule has 9 heteroatoms. The second-order valence-electron chi connectivity index (χ2n) is 5.37. The maximum absolute atomic E-state index is 12.8. The number of hydrogen-bond donors (Lipinski definition) is 1. The van der Waals surface area contributed by atoms with Crippen molar-refractivity contribution in [3.05, 3.63) is 23.2 Å². The lowest BCUT2D eigenvalue weighted by atomic mass is 10.3. The molecular formula is C17H27ClN2O5S. The van der Waals surface area contributed by atoms with Gasteiger partial charge in [-0.3, -0.25) is 4.79 Å². The molecule has 0 saturated carbocycles. The number of rotatable bonds is 12. The first-order valence-corrected chi connectivity index (χ1v) is 10.5. The van der Waals surface area contributed by atoms with Crippen molar-refractivity contribution in [3.63, 3.8) is 0 Å². The van der Waals surface area contributed by atoms with Crippen LogP contribution in [0, 0.1) is 0 Å². The Morgan fingerprint density at radius 2 is 1.92 bits per heavy atom. The van der Waals surface area contributed by atoms with Crippen LogP contribution in [0.25, 0.3) is 0 Å². The van der Waals surface area contributed by atoms with Crippen molar-refractivity contribution in [2.24, 2.45) is 0 Å². The molecule has 0 saturated heterocycles. The van der Waals surface area contributed by atoms with Gasteiger partial charge >= 0.3 is 0 Å². The average Bonchev–Trinajstić information content (AvgIpc) is 2.61. The lowest BCUT2D eigenvalue weighted by Crippen LogP contribution is -2.32. The molecule has 1 rings (SSSR count). The van der Waals surface area contributed by atoms with Crippen LogP contribution in [0.5, 0.6) is 5.75 Å². The van der Waals surface area contributed by atoms with Gasteiger partial charge in [0.1, 0.15) is 10.6 Å². The molecule has 0 radical (unpaired) electrons. The molecule has 0 aliphatic carbocycles. The van der Waals surface area contributed by atoms with Gasteiger partial charge in [0.05, 0.1) is 0 Å². The SMILES string of the molecule is CCOCCCNC(=O)COc1ccc(Cl)cc1S(=O)(=O)N(CC)CC. The lowest BCUT2D eigenvalue weighted by molar-refractivity contribution is -0.123. The predicted molar refractivity (Wildman–Crippen MR) is 101 cm³/mol. The highest BCUT2D eigenvalue weighted by Crippen LogP contribution is 2.29. The Labute approximate surface area is 160 Å². The Bertz CT molecular complexity index is 678. The number of carbonyl (C=O) groups is 1. The molecule has 1 aromatic carbocycles. The highest BCUT2D eigenvalue weighted by atomic mass is 35.5. The molecule has 0 fully saturated rings. The van der Waals surface area contributed by atoms with E-state index in [9.17, 15) is 13.2 Å². The van der Waals surface area contributed by atoms with Gasteiger partial charge in [-0.1, -0.05) is 25.4 Å². The van der Waals surface area contributed by atoms with E-state index in [4.69, 9.17) is 21.1 Å². The Kier molecular flexibility index (Phi) is 9.93. The number of carbonyl (C=O) groups excluding carboxylic acids is 1. The zero-order chi connectivity index (χ0) is 19.6. The number of hydrogen-bond acceptors (Lipinski definition) is 5. The van der Waals surface area contributed by atoms with Crippen LogP contribution < -0.4 is 10.1 Å². The summed E-state index contributed by atoms with van der Waals surface area (Å²) >= 11 is 5.96. The Morgan fingerprint density at radius 1 is 1.23 bits per heavy atom. The minimum atomic E-state index is -3.75. The van der Waals surface area contributed by atoms with E-state index in [-0.39, 0.29) is 28.2 Å². The number of nitrogens with zero attached hydrogens (tertiary/aromatic N) is 1. The van der Waals surface area contributed by atoms with Crippen LogP contribution in [0.1, 0.15) is 27.2 Å². The zero-order valence-electron chi connectivity index (χ0n) is 15.5. The maximum Gasteiger partial charge on any atom is 0.257 e. The third-order valence-electron chi connectivity index (χ3n) is 3.58. The van der Waals surface area contributed by atoms with E-state index in [1.54, 1.807) is 13.8 Å². The van der Waals surface area contributed by atoms with Crippen molar-refractivity contribution < 1.29 is 22.7 Å². The smallest absolute Gasteiger partial charge is 0.257 e. The zero-order valence-corrected chi connectivity index (χ0v) is 17.0. The molecule has 0 heterocycles. The molecular weight excluding hydrogens is 380 g/mol. The molecule has 0 unspecified atom stereocenters. The van der Waals surface area contributed by atoms with E-state index in [0.29, 0.717) is 39.3 Å². The summed E-state index contributed by atoms with van der Waals surface area (Å²) in [7, 11) is -3.75. The van der Waals surface area contributed by atoms with Crippen LogP contribution in [0.2, 0.25) is 5.02 Å². The fourth-order valence-corrected chi connectivity index (χ4v) is 4.10. The normalized spacial score (nSPS) is 11.6. The highest BCUT2D eigenvalue weighted by molar-refractivity contribution is 7.89. The minimum Gasteiger partial charge on any atom is -0.482 e. The van der Waals surface area contributed by atoms with E-state index in [1.807, 2.05) is 6.92 Å². The number of nitrogens with one attached hydrogen (secondary N) is 1. The fourth-order valence-electron chi connectivity index (χ4n) is 2.25. The van der Waals surface area contributed by atoms with Gasteiger partial charge in [0.25, 0.3) is 5.91 Å². The van der Waals surface area contributed by atoms with Crippen molar-refractivity contribution in [2.45, 2.75) is 32.1 Å². The molecule has 1 aromatic rings. The van der Waals surface area contributed by atoms with Crippen LogP contribution in [-0.4, -0.2) is 58.1 Å². The molecule has 1 N–H and O–H groups in total. The summed E-state index contributed by atoms with van der Waals surface area (Å²) < 4.78 is 37.5. The van der Waals surface area contributed by atoms with Crippen LogP contribution in [0.4, 0.5) is 0 Å². The van der Waals surface area contributed by atoms with Crippen molar-refractivity contribution in [1.82, 2.24) is 9.62 Å². The molecule has 0 bridgehead atoms.